The lowest BCUT2D eigenvalue weighted by molar-refractivity contribution is 0.296. The van der Waals surface area contributed by atoms with Gasteiger partial charge in [0.15, 0.2) is 0 Å². The maximum absolute atomic E-state index is 12.8. The topological polar surface area (TPSA) is 32.3 Å². The highest BCUT2D eigenvalue weighted by molar-refractivity contribution is 7.54. The van der Waals surface area contributed by atoms with Gasteiger partial charge in [-0.2, -0.15) is 0 Å². The molecular weight excluding hydrogens is 223 g/mol. The van der Waals surface area contributed by atoms with Gasteiger partial charge in [-0.15, -0.1) is 6.58 Å². The summed E-state index contributed by atoms with van der Waals surface area (Å²) < 4.78 is 22.4. The minimum Gasteiger partial charge on any atom is -0.302 e. The van der Waals surface area contributed by atoms with E-state index < -0.39 is 7.67 Å². The van der Waals surface area contributed by atoms with Gasteiger partial charge in [-0.05, 0) is 12.8 Å². The molecule has 16 heavy (non-hydrogen) atoms. The summed E-state index contributed by atoms with van der Waals surface area (Å²) in [6, 6.07) is 0.905. The van der Waals surface area contributed by atoms with Crippen molar-refractivity contribution in [2.45, 2.75) is 38.8 Å². The van der Waals surface area contributed by atoms with Crippen LogP contribution in [0.3, 0.4) is 0 Å². The van der Waals surface area contributed by atoms with Crippen molar-refractivity contribution in [1.82, 2.24) is 9.34 Å². The van der Waals surface area contributed by atoms with Crippen LogP contribution in [0.25, 0.3) is 0 Å². The van der Waals surface area contributed by atoms with E-state index in [1.54, 1.807) is 6.08 Å². The molecule has 4 nitrogen and oxygen atoms in total. The number of hydrogen-bond donors (Lipinski definition) is 0. The van der Waals surface area contributed by atoms with E-state index in [0.29, 0.717) is 18.7 Å². The zero-order valence-electron chi connectivity index (χ0n) is 10.1. The highest BCUT2D eigenvalue weighted by Gasteiger charge is 2.57. The van der Waals surface area contributed by atoms with Crippen molar-refractivity contribution >= 4 is 7.67 Å². The van der Waals surface area contributed by atoms with E-state index in [4.69, 9.17) is 4.52 Å². The van der Waals surface area contributed by atoms with Crippen LogP contribution in [0, 0.1) is 0 Å². The molecule has 2 heterocycles. The lowest BCUT2D eigenvalue weighted by Gasteiger charge is -2.21. The molecule has 0 N–H and O–H groups in total. The predicted octanol–water partition coefficient (Wildman–Crippen LogP) is 2.49. The summed E-state index contributed by atoms with van der Waals surface area (Å²) >= 11 is 0. The molecule has 4 unspecified atom stereocenters. The maximum atomic E-state index is 12.8. The van der Waals surface area contributed by atoms with Gasteiger partial charge in [-0.25, -0.2) is 9.34 Å². The summed E-state index contributed by atoms with van der Waals surface area (Å²) in [5.41, 5.74) is 0. The van der Waals surface area contributed by atoms with Crippen LogP contribution >= 0.6 is 7.67 Å². The van der Waals surface area contributed by atoms with Crippen LogP contribution in [0.15, 0.2) is 12.7 Å². The average molecular weight is 244 g/mol. The van der Waals surface area contributed by atoms with Crippen molar-refractivity contribution in [2.24, 2.45) is 0 Å². The van der Waals surface area contributed by atoms with Crippen molar-refractivity contribution in [2.75, 3.05) is 19.7 Å². The molecule has 0 radical (unpaired) electrons. The van der Waals surface area contributed by atoms with Crippen molar-refractivity contribution in [1.29, 1.82) is 0 Å². The Kier molecular flexibility index (Phi) is 3.55. The fourth-order valence-electron chi connectivity index (χ4n) is 2.08. The first-order valence-corrected chi connectivity index (χ1v) is 7.60. The molecule has 2 saturated heterocycles. The molecule has 0 spiro atoms. The fraction of sp³-hybridized carbons (Fsp3) is 0.818. The first-order valence-electron chi connectivity index (χ1n) is 6.07. The average Bonchev–Trinajstić information content (AvgIpc) is 3.17. The molecule has 92 valence electrons. The van der Waals surface area contributed by atoms with Gasteiger partial charge < -0.3 is 4.52 Å². The summed E-state index contributed by atoms with van der Waals surface area (Å²) in [5.74, 6) is 0. The first kappa shape index (κ1) is 12.3. The Morgan fingerprint density at radius 2 is 1.81 bits per heavy atom. The van der Waals surface area contributed by atoms with Crippen LogP contribution in [-0.4, -0.2) is 41.1 Å². The second-order valence-electron chi connectivity index (χ2n) is 4.44. The third kappa shape index (κ3) is 2.12. The molecule has 0 aromatic heterocycles. The van der Waals surface area contributed by atoms with E-state index in [2.05, 4.69) is 20.4 Å². The quantitative estimate of drug-likeness (QED) is 0.391. The molecule has 4 atom stereocenters. The van der Waals surface area contributed by atoms with Gasteiger partial charge in [-0.3, -0.25) is 4.57 Å². The molecule has 2 fully saturated rings. The molecule has 0 aliphatic carbocycles. The summed E-state index contributed by atoms with van der Waals surface area (Å²) in [6.07, 6.45) is 3.76. The Hall–Kier alpha value is -0.150. The van der Waals surface area contributed by atoms with Crippen LogP contribution < -0.4 is 0 Å². The van der Waals surface area contributed by atoms with Gasteiger partial charge in [0, 0.05) is 25.2 Å². The minimum atomic E-state index is -2.71. The van der Waals surface area contributed by atoms with E-state index >= 15 is 0 Å². The van der Waals surface area contributed by atoms with Crippen LogP contribution in [0.5, 0.6) is 0 Å². The Balaban J connectivity index is 2.02. The monoisotopic (exact) mass is 244 g/mol. The zero-order chi connectivity index (χ0) is 11.8. The lowest BCUT2D eigenvalue weighted by atomic mass is 10.4. The van der Waals surface area contributed by atoms with Crippen molar-refractivity contribution < 1.29 is 9.09 Å². The van der Waals surface area contributed by atoms with E-state index in [1.165, 1.54) is 0 Å². The highest BCUT2D eigenvalue weighted by atomic mass is 31.2. The smallest absolute Gasteiger partial charge is 0.302 e. The highest BCUT2D eigenvalue weighted by Crippen LogP contribution is 2.65. The molecule has 0 bridgehead atoms. The van der Waals surface area contributed by atoms with E-state index in [-0.39, 0.29) is 0 Å². The molecule has 2 rings (SSSR count). The normalized spacial score (nSPS) is 40.1. The van der Waals surface area contributed by atoms with E-state index in [0.717, 1.165) is 25.9 Å². The Morgan fingerprint density at radius 1 is 1.31 bits per heavy atom. The van der Waals surface area contributed by atoms with Crippen molar-refractivity contribution in [3.8, 4) is 0 Å². The molecular formula is C11H21N2O2P. The van der Waals surface area contributed by atoms with Crippen molar-refractivity contribution in [3.63, 3.8) is 0 Å². The standard InChI is InChI=1S/C11H21N2O2P/c1-4-7-15-16(14,12-8-10(12)5-2)13-9-11(13)6-3/h4,10-11H,1,5-9H2,2-3H3. The fourth-order valence-corrected chi connectivity index (χ4v) is 4.92. The van der Waals surface area contributed by atoms with Gasteiger partial charge >= 0.3 is 7.67 Å². The van der Waals surface area contributed by atoms with Gasteiger partial charge in [0.1, 0.15) is 0 Å². The first-order chi connectivity index (χ1) is 7.67. The van der Waals surface area contributed by atoms with E-state index in [9.17, 15) is 4.57 Å². The Morgan fingerprint density at radius 3 is 2.12 bits per heavy atom. The molecule has 0 aromatic carbocycles. The molecule has 5 heteroatoms. The number of nitrogens with zero attached hydrogens (tertiary/aromatic N) is 2. The lowest BCUT2D eigenvalue weighted by Crippen LogP contribution is -2.12. The summed E-state index contributed by atoms with van der Waals surface area (Å²) in [4.78, 5) is 0. The third-order valence-electron chi connectivity index (χ3n) is 3.32. The zero-order valence-corrected chi connectivity index (χ0v) is 11.0. The van der Waals surface area contributed by atoms with Gasteiger partial charge in [0.05, 0.1) is 6.61 Å². The molecule has 2 aliphatic rings. The van der Waals surface area contributed by atoms with Crippen LogP contribution in [-0.2, 0) is 9.09 Å². The number of hydrogen-bond acceptors (Lipinski definition) is 2. The van der Waals surface area contributed by atoms with Gasteiger partial charge in [0.2, 0.25) is 0 Å². The summed E-state index contributed by atoms with van der Waals surface area (Å²) in [7, 11) is -2.71. The predicted molar refractivity (Wildman–Crippen MR) is 65.3 cm³/mol. The van der Waals surface area contributed by atoms with E-state index in [1.807, 2.05) is 9.34 Å². The molecule has 2 aliphatic heterocycles. The second-order valence-corrected chi connectivity index (χ2v) is 6.71. The summed E-state index contributed by atoms with van der Waals surface area (Å²) in [6.45, 7) is 10.1. The van der Waals surface area contributed by atoms with Crippen LogP contribution in [0.4, 0.5) is 0 Å². The third-order valence-corrected chi connectivity index (χ3v) is 6.09. The summed E-state index contributed by atoms with van der Waals surface area (Å²) in [5, 5.41) is 0. The maximum Gasteiger partial charge on any atom is 0.347 e. The Labute approximate surface area is 97.8 Å². The number of rotatable bonds is 7. The SMILES string of the molecule is C=CCOP(=O)(N1CC1CC)N1CC1CC. The van der Waals surface area contributed by atoms with Gasteiger partial charge in [0.25, 0.3) is 0 Å². The van der Waals surface area contributed by atoms with Crippen molar-refractivity contribution in [3.05, 3.63) is 12.7 Å². The molecule has 0 aromatic rings. The van der Waals surface area contributed by atoms with Gasteiger partial charge in [-0.1, -0.05) is 19.9 Å². The molecule has 0 saturated carbocycles. The largest absolute Gasteiger partial charge is 0.347 e. The minimum absolute atomic E-state index is 0.372. The van der Waals surface area contributed by atoms with Crippen LogP contribution in [0.2, 0.25) is 0 Å². The molecule has 0 amide bonds. The Bertz CT molecular complexity index is 299. The second kappa shape index (κ2) is 4.61. The van der Waals surface area contributed by atoms with Crippen LogP contribution in [0.1, 0.15) is 26.7 Å².